The van der Waals surface area contributed by atoms with Crippen LogP contribution in [0.25, 0.3) is 0 Å². The van der Waals surface area contributed by atoms with E-state index in [-0.39, 0.29) is 27.9 Å². The first-order chi connectivity index (χ1) is 7.68. The average Bonchev–Trinajstić information content (AvgIpc) is 2.76. The summed E-state index contributed by atoms with van der Waals surface area (Å²) in [5.41, 5.74) is 0.268. The zero-order valence-corrected chi connectivity index (χ0v) is 9.85. The topological polar surface area (TPSA) is 66.9 Å². The molecule has 0 bridgehead atoms. The van der Waals surface area contributed by atoms with Crippen molar-refractivity contribution in [3.05, 3.63) is 16.6 Å². The third-order valence-corrected chi connectivity index (χ3v) is 2.95. The van der Waals surface area contributed by atoms with Gasteiger partial charge in [0.15, 0.2) is 10.3 Å². The third-order valence-electron chi connectivity index (χ3n) is 2.38. The first-order valence-electron chi connectivity index (χ1n) is 4.88. The number of halogens is 2. The molecule has 16 heavy (non-hydrogen) atoms. The molecular formula is C9H10Cl2N4O. The van der Waals surface area contributed by atoms with Crippen LogP contribution in [0.1, 0.15) is 12.8 Å². The molecule has 1 aromatic rings. The van der Waals surface area contributed by atoms with Crippen LogP contribution in [0.2, 0.25) is 10.3 Å². The highest BCUT2D eigenvalue weighted by Gasteiger charge is 2.23. The van der Waals surface area contributed by atoms with Crippen LogP contribution in [0.15, 0.2) is 6.33 Å². The van der Waals surface area contributed by atoms with Crippen molar-refractivity contribution < 1.29 is 4.79 Å². The van der Waals surface area contributed by atoms with E-state index in [0.717, 1.165) is 19.4 Å². The fourth-order valence-electron chi connectivity index (χ4n) is 1.57. The summed E-state index contributed by atoms with van der Waals surface area (Å²) in [5, 5.41) is 6.00. The SMILES string of the molecule is O=C(Nc1c(Cl)ncnc1Cl)[C@H]1CCCN1. The minimum Gasteiger partial charge on any atom is -0.320 e. The minimum absolute atomic E-state index is 0.145. The number of rotatable bonds is 2. The molecule has 0 saturated carbocycles. The molecule has 86 valence electrons. The number of carbonyl (C=O) groups is 1. The number of nitrogens with one attached hydrogen (secondary N) is 2. The van der Waals surface area contributed by atoms with Crippen molar-refractivity contribution in [3.63, 3.8) is 0 Å². The van der Waals surface area contributed by atoms with Crippen LogP contribution in [-0.4, -0.2) is 28.5 Å². The van der Waals surface area contributed by atoms with Gasteiger partial charge in [-0.3, -0.25) is 4.79 Å². The molecule has 1 aliphatic rings. The molecule has 2 heterocycles. The quantitative estimate of drug-likeness (QED) is 0.791. The lowest BCUT2D eigenvalue weighted by molar-refractivity contribution is -0.117. The van der Waals surface area contributed by atoms with Gasteiger partial charge in [0.05, 0.1) is 6.04 Å². The van der Waals surface area contributed by atoms with Crippen molar-refractivity contribution in [2.45, 2.75) is 18.9 Å². The number of amides is 1. The summed E-state index contributed by atoms with van der Waals surface area (Å²) in [6.07, 6.45) is 3.05. The van der Waals surface area contributed by atoms with Gasteiger partial charge in [-0.05, 0) is 19.4 Å². The second kappa shape index (κ2) is 4.95. The summed E-state index contributed by atoms with van der Waals surface area (Å²) in [7, 11) is 0. The molecule has 1 atom stereocenters. The van der Waals surface area contributed by atoms with Gasteiger partial charge in [-0.1, -0.05) is 23.2 Å². The van der Waals surface area contributed by atoms with Crippen LogP contribution < -0.4 is 10.6 Å². The Morgan fingerprint density at radius 3 is 2.69 bits per heavy atom. The second-order valence-electron chi connectivity index (χ2n) is 3.47. The first kappa shape index (κ1) is 11.6. The first-order valence-corrected chi connectivity index (χ1v) is 5.64. The van der Waals surface area contributed by atoms with Gasteiger partial charge in [0.25, 0.3) is 0 Å². The summed E-state index contributed by atoms with van der Waals surface area (Å²) in [4.78, 5) is 19.3. The fourth-order valence-corrected chi connectivity index (χ4v) is 1.98. The molecule has 1 saturated heterocycles. The van der Waals surface area contributed by atoms with Crippen LogP contribution in [0.4, 0.5) is 5.69 Å². The van der Waals surface area contributed by atoms with Gasteiger partial charge >= 0.3 is 0 Å². The maximum atomic E-state index is 11.8. The van der Waals surface area contributed by atoms with Crippen molar-refractivity contribution in [3.8, 4) is 0 Å². The van der Waals surface area contributed by atoms with Crippen molar-refractivity contribution in [1.82, 2.24) is 15.3 Å². The highest BCUT2D eigenvalue weighted by Crippen LogP contribution is 2.26. The van der Waals surface area contributed by atoms with E-state index in [4.69, 9.17) is 23.2 Å². The van der Waals surface area contributed by atoms with Crippen LogP contribution in [0, 0.1) is 0 Å². The van der Waals surface area contributed by atoms with E-state index in [1.54, 1.807) is 0 Å². The Bertz CT molecular complexity index is 386. The summed E-state index contributed by atoms with van der Waals surface area (Å²) >= 11 is 11.6. The second-order valence-corrected chi connectivity index (χ2v) is 4.18. The summed E-state index contributed by atoms with van der Waals surface area (Å²) in [6.45, 7) is 0.852. The van der Waals surface area contributed by atoms with Crippen LogP contribution in [0.3, 0.4) is 0 Å². The molecule has 1 amide bonds. The molecule has 7 heteroatoms. The molecule has 0 aliphatic carbocycles. The standard InChI is InChI=1S/C9H10Cl2N4O/c10-7-6(8(11)14-4-13-7)15-9(16)5-2-1-3-12-5/h4-5,12H,1-3H2,(H,15,16)/t5-/m1/s1. The van der Waals surface area contributed by atoms with Gasteiger partial charge in [0, 0.05) is 0 Å². The molecule has 5 nitrogen and oxygen atoms in total. The summed E-state index contributed by atoms with van der Waals surface area (Å²) < 4.78 is 0. The minimum atomic E-state index is -0.188. The van der Waals surface area contributed by atoms with Crippen molar-refractivity contribution in [2.24, 2.45) is 0 Å². The summed E-state index contributed by atoms with van der Waals surface area (Å²) in [5.74, 6) is -0.156. The lowest BCUT2D eigenvalue weighted by atomic mass is 10.2. The largest absolute Gasteiger partial charge is 0.320 e. The Morgan fingerprint density at radius 1 is 1.44 bits per heavy atom. The molecule has 0 spiro atoms. The number of hydrogen-bond donors (Lipinski definition) is 2. The molecule has 2 N–H and O–H groups in total. The number of carbonyl (C=O) groups excluding carboxylic acids is 1. The maximum absolute atomic E-state index is 11.8. The highest BCUT2D eigenvalue weighted by molar-refractivity contribution is 6.38. The molecule has 1 aliphatic heterocycles. The molecule has 1 fully saturated rings. The van der Waals surface area contributed by atoms with E-state index in [0.29, 0.717) is 0 Å². The van der Waals surface area contributed by atoms with E-state index >= 15 is 0 Å². The van der Waals surface area contributed by atoms with Crippen molar-refractivity contribution in [1.29, 1.82) is 0 Å². The Labute approximate surface area is 103 Å². The fraction of sp³-hybridized carbons (Fsp3) is 0.444. The predicted molar refractivity (Wildman–Crippen MR) is 61.7 cm³/mol. The molecule has 0 unspecified atom stereocenters. The Morgan fingerprint density at radius 2 is 2.12 bits per heavy atom. The van der Waals surface area contributed by atoms with Crippen LogP contribution >= 0.6 is 23.2 Å². The Hall–Kier alpha value is -0.910. The molecule has 0 radical (unpaired) electrons. The van der Waals surface area contributed by atoms with Crippen molar-refractivity contribution in [2.75, 3.05) is 11.9 Å². The average molecular weight is 261 g/mol. The zero-order chi connectivity index (χ0) is 11.5. The molecule has 0 aromatic carbocycles. The molecule has 2 rings (SSSR count). The van der Waals surface area contributed by atoms with Crippen molar-refractivity contribution >= 4 is 34.8 Å². The monoisotopic (exact) mass is 260 g/mol. The van der Waals surface area contributed by atoms with Crippen LogP contribution in [-0.2, 0) is 4.79 Å². The van der Waals surface area contributed by atoms with E-state index in [2.05, 4.69) is 20.6 Å². The van der Waals surface area contributed by atoms with Gasteiger partial charge in [-0.25, -0.2) is 9.97 Å². The van der Waals surface area contributed by atoms with E-state index in [9.17, 15) is 4.79 Å². The van der Waals surface area contributed by atoms with Crippen LogP contribution in [0.5, 0.6) is 0 Å². The van der Waals surface area contributed by atoms with Gasteiger partial charge in [0.1, 0.15) is 12.0 Å². The van der Waals surface area contributed by atoms with E-state index in [1.165, 1.54) is 6.33 Å². The number of anilines is 1. The Balaban J connectivity index is 2.11. The molecule has 1 aromatic heterocycles. The van der Waals surface area contributed by atoms with E-state index in [1.807, 2.05) is 0 Å². The van der Waals surface area contributed by atoms with E-state index < -0.39 is 0 Å². The highest BCUT2D eigenvalue weighted by atomic mass is 35.5. The number of hydrogen-bond acceptors (Lipinski definition) is 4. The third kappa shape index (κ3) is 2.42. The Kier molecular flexibility index (Phi) is 3.58. The number of aromatic nitrogens is 2. The lowest BCUT2D eigenvalue weighted by Crippen LogP contribution is -2.35. The number of nitrogens with zero attached hydrogens (tertiary/aromatic N) is 2. The normalized spacial score (nSPS) is 19.8. The van der Waals surface area contributed by atoms with Gasteiger partial charge in [-0.2, -0.15) is 0 Å². The van der Waals surface area contributed by atoms with Gasteiger partial charge < -0.3 is 10.6 Å². The zero-order valence-electron chi connectivity index (χ0n) is 8.33. The maximum Gasteiger partial charge on any atom is 0.241 e. The summed E-state index contributed by atoms with van der Waals surface area (Å²) in [6, 6.07) is -0.188. The smallest absolute Gasteiger partial charge is 0.241 e. The predicted octanol–water partition coefficient (Wildman–Crippen LogP) is 1.47. The van der Waals surface area contributed by atoms with Gasteiger partial charge in [-0.15, -0.1) is 0 Å². The lowest BCUT2D eigenvalue weighted by Gasteiger charge is -2.12. The van der Waals surface area contributed by atoms with Gasteiger partial charge in [0.2, 0.25) is 5.91 Å². The molecular weight excluding hydrogens is 251 g/mol.